The summed E-state index contributed by atoms with van der Waals surface area (Å²) in [7, 11) is 0. The van der Waals surface area contributed by atoms with Crippen LogP contribution in [0.25, 0.3) is 0 Å². The summed E-state index contributed by atoms with van der Waals surface area (Å²) in [6.07, 6.45) is 0.717. The van der Waals surface area contributed by atoms with Gasteiger partial charge in [0.25, 0.3) is 5.91 Å². The highest BCUT2D eigenvalue weighted by atomic mass is 32.1. The average molecular weight is 396 g/mol. The monoisotopic (exact) mass is 396 g/mol. The van der Waals surface area contributed by atoms with E-state index in [1.54, 1.807) is 17.0 Å². The molecule has 1 aromatic heterocycles. The lowest BCUT2D eigenvalue weighted by Gasteiger charge is -2.34. The van der Waals surface area contributed by atoms with E-state index in [0.717, 1.165) is 17.4 Å². The van der Waals surface area contributed by atoms with Crippen molar-refractivity contribution in [3.63, 3.8) is 0 Å². The molecular weight excluding hydrogens is 375 g/mol. The van der Waals surface area contributed by atoms with Gasteiger partial charge in [-0.3, -0.25) is 4.79 Å². The molecule has 3 aromatic rings. The van der Waals surface area contributed by atoms with Gasteiger partial charge in [-0.25, -0.2) is 9.37 Å². The van der Waals surface area contributed by atoms with Crippen molar-refractivity contribution in [2.45, 2.75) is 13.3 Å². The van der Waals surface area contributed by atoms with Crippen LogP contribution >= 0.6 is 11.5 Å². The van der Waals surface area contributed by atoms with E-state index < -0.39 is 0 Å². The zero-order valence-corrected chi connectivity index (χ0v) is 16.5. The maximum atomic E-state index is 13.4. The molecule has 144 valence electrons. The van der Waals surface area contributed by atoms with Crippen LogP contribution in [0.4, 0.5) is 9.52 Å². The number of rotatable bonds is 4. The predicted molar refractivity (Wildman–Crippen MR) is 108 cm³/mol. The number of aromatic nitrogens is 2. The summed E-state index contributed by atoms with van der Waals surface area (Å²) in [5, 5.41) is 0.889. The third kappa shape index (κ3) is 4.20. The summed E-state index contributed by atoms with van der Waals surface area (Å²) in [6.45, 7) is 4.63. The molecule has 1 fully saturated rings. The second-order valence-electron chi connectivity index (χ2n) is 6.95. The summed E-state index contributed by atoms with van der Waals surface area (Å²) in [5.41, 5.74) is 2.83. The molecule has 0 atom stereocenters. The van der Waals surface area contributed by atoms with E-state index in [1.165, 1.54) is 34.8 Å². The van der Waals surface area contributed by atoms with E-state index in [4.69, 9.17) is 0 Å². The predicted octanol–water partition coefficient (Wildman–Crippen LogP) is 3.54. The largest absolute Gasteiger partial charge is 0.343 e. The maximum Gasteiger partial charge on any atom is 0.254 e. The second-order valence-corrected chi connectivity index (χ2v) is 7.68. The highest BCUT2D eigenvalue weighted by Gasteiger charge is 2.24. The smallest absolute Gasteiger partial charge is 0.254 e. The third-order valence-electron chi connectivity index (χ3n) is 4.85. The Labute approximate surface area is 167 Å². The van der Waals surface area contributed by atoms with Gasteiger partial charge in [0.05, 0.1) is 0 Å². The number of hydrogen-bond acceptors (Lipinski definition) is 5. The van der Waals surface area contributed by atoms with Crippen molar-refractivity contribution in [2.24, 2.45) is 0 Å². The number of nitrogens with zero attached hydrogens (tertiary/aromatic N) is 4. The third-order valence-corrected chi connectivity index (χ3v) is 5.66. The number of hydrogen-bond donors (Lipinski definition) is 0. The zero-order chi connectivity index (χ0) is 19.5. The van der Waals surface area contributed by atoms with Gasteiger partial charge in [0, 0.05) is 49.7 Å². The number of benzene rings is 2. The number of anilines is 1. The first-order valence-corrected chi connectivity index (χ1v) is 10.0. The van der Waals surface area contributed by atoms with Gasteiger partial charge in [-0.15, -0.1) is 0 Å². The minimum Gasteiger partial charge on any atom is -0.343 e. The highest BCUT2D eigenvalue weighted by Crippen LogP contribution is 2.21. The normalized spacial score (nSPS) is 14.4. The van der Waals surface area contributed by atoms with Crippen molar-refractivity contribution in [1.82, 2.24) is 14.3 Å². The van der Waals surface area contributed by atoms with Gasteiger partial charge >= 0.3 is 0 Å². The number of aryl methyl sites for hydroxylation is 1. The first-order valence-electron chi connectivity index (χ1n) is 9.26. The molecule has 1 saturated heterocycles. The summed E-state index contributed by atoms with van der Waals surface area (Å²) < 4.78 is 17.9. The molecule has 5 nitrogen and oxygen atoms in total. The van der Waals surface area contributed by atoms with E-state index in [-0.39, 0.29) is 11.7 Å². The van der Waals surface area contributed by atoms with Crippen LogP contribution in [-0.4, -0.2) is 46.3 Å². The van der Waals surface area contributed by atoms with E-state index in [2.05, 4.69) is 45.4 Å². The van der Waals surface area contributed by atoms with Gasteiger partial charge in [-0.1, -0.05) is 35.9 Å². The van der Waals surface area contributed by atoms with Gasteiger partial charge in [0.2, 0.25) is 5.13 Å². The van der Waals surface area contributed by atoms with Crippen LogP contribution in [0.15, 0.2) is 48.5 Å². The minimum atomic E-state index is -0.389. The number of piperazine rings is 1. The molecule has 2 aromatic carbocycles. The van der Waals surface area contributed by atoms with Crippen LogP contribution in [-0.2, 0) is 6.42 Å². The van der Waals surface area contributed by atoms with E-state index in [0.29, 0.717) is 31.7 Å². The molecule has 1 aliphatic heterocycles. The van der Waals surface area contributed by atoms with Gasteiger partial charge in [0.1, 0.15) is 11.6 Å². The first-order chi connectivity index (χ1) is 13.6. The van der Waals surface area contributed by atoms with Gasteiger partial charge in [-0.2, -0.15) is 4.37 Å². The molecule has 7 heteroatoms. The Morgan fingerprint density at radius 3 is 2.57 bits per heavy atom. The molecule has 0 spiro atoms. The molecular formula is C21H21FN4OS. The molecule has 0 N–H and O–H groups in total. The zero-order valence-electron chi connectivity index (χ0n) is 15.6. The Morgan fingerprint density at radius 2 is 1.86 bits per heavy atom. The Balaban J connectivity index is 1.35. The molecule has 4 rings (SSSR count). The van der Waals surface area contributed by atoms with Crippen molar-refractivity contribution >= 4 is 22.6 Å². The molecule has 0 aliphatic carbocycles. The number of halogens is 1. The van der Waals surface area contributed by atoms with Crippen LogP contribution in [0, 0.1) is 12.7 Å². The fourth-order valence-corrected chi connectivity index (χ4v) is 3.98. The summed E-state index contributed by atoms with van der Waals surface area (Å²) >= 11 is 1.40. The van der Waals surface area contributed by atoms with Crippen LogP contribution < -0.4 is 4.90 Å². The van der Waals surface area contributed by atoms with E-state index in [9.17, 15) is 9.18 Å². The lowest BCUT2D eigenvalue weighted by Crippen LogP contribution is -2.48. The van der Waals surface area contributed by atoms with Crippen molar-refractivity contribution < 1.29 is 9.18 Å². The Kier molecular flexibility index (Phi) is 5.34. The molecule has 1 aliphatic rings. The minimum absolute atomic E-state index is 0.128. The van der Waals surface area contributed by atoms with Crippen LogP contribution in [0.5, 0.6) is 0 Å². The maximum absolute atomic E-state index is 13.4. The number of carbonyl (C=O) groups is 1. The topological polar surface area (TPSA) is 49.3 Å². The second kappa shape index (κ2) is 8.06. The van der Waals surface area contributed by atoms with Crippen LogP contribution in [0.1, 0.15) is 27.3 Å². The quantitative estimate of drug-likeness (QED) is 0.677. The Hall–Kier alpha value is -2.80. The van der Waals surface area contributed by atoms with Crippen LogP contribution in [0.3, 0.4) is 0 Å². The number of amides is 1. The molecule has 0 unspecified atom stereocenters. The summed E-state index contributed by atoms with van der Waals surface area (Å²) in [6, 6.07) is 14.2. The van der Waals surface area contributed by atoms with Crippen molar-refractivity contribution in [1.29, 1.82) is 0 Å². The van der Waals surface area contributed by atoms with E-state index >= 15 is 0 Å². The molecule has 28 heavy (non-hydrogen) atoms. The lowest BCUT2D eigenvalue weighted by atomic mass is 10.1. The number of carbonyl (C=O) groups excluding carboxylic acids is 1. The highest BCUT2D eigenvalue weighted by molar-refractivity contribution is 7.09. The average Bonchev–Trinajstić information content (AvgIpc) is 3.18. The van der Waals surface area contributed by atoms with Gasteiger partial charge in [-0.05, 0) is 30.7 Å². The standard InChI is InChI=1S/C21H21FN4OS/c1-15-5-7-16(8-6-15)13-19-23-21(28-24-19)26-11-9-25(10-12-26)20(27)17-3-2-4-18(22)14-17/h2-8,14H,9-13H2,1H3. The summed E-state index contributed by atoms with van der Waals surface area (Å²) in [4.78, 5) is 21.1. The van der Waals surface area contributed by atoms with Crippen molar-refractivity contribution in [3.05, 3.63) is 76.9 Å². The fraction of sp³-hybridized carbons (Fsp3) is 0.286. The molecule has 0 saturated carbocycles. The molecule has 0 bridgehead atoms. The summed E-state index contributed by atoms with van der Waals surface area (Å²) in [5.74, 6) is 0.304. The Bertz CT molecular complexity index is 965. The molecule has 1 amide bonds. The Morgan fingerprint density at radius 1 is 1.11 bits per heavy atom. The fourth-order valence-electron chi connectivity index (χ4n) is 3.24. The molecule has 2 heterocycles. The van der Waals surface area contributed by atoms with Gasteiger partial charge < -0.3 is 9.80 Å². The lowest BCUT2D eigenvalue weighted by molar-refractivity contribution is 0.0746. The van der Waals surface area contributed by atoms with Crippen LogP contribution in [0.2, 0.25) is 0 Å². The first kappa shape index (κ1) is 18.6. The van der Waals surface area contributed by atoms with Gasteiger partial charge in [0.15, 0.2) is 0 Å². The van der Waals surface area contributed by atoms with Crippen molar-refractivity contribution in [3.8, 4) is 0 Å². The molecule has 0 radical (unpaired) electrons. The van der Waals surface area contributed by atoms with E-state index in [1.807, 2.05) is 0 Å². The van der Waals surface area contributed by atoms with Crippen molar-refractivity contribution in [2.75, 3.05) is 31.1 Å². The SMILES string of the molecule is Cc1ccc(Cc2nsc(N3CCN(C(=O)c4cccc(F)c4)CC3)n2)cc1.